The number of aryl methyl sites for hydroxylation is 1. The lowest BCUT2D eigenvalue weighted by atomic mass is 10.1. The average molecular weight is 230 g/mol. The van der Waals surface area contributed by atoms with Gasteiger partial charge in [0.25, 0.3) is 0 Å². The van der Waals surface area contributed by atoms with Crippen LogP contribution in [0.3, 0.4) is 0 Å². The van der Waals surface area contributed by atoms with Gasteiger partial charge in [-0.3, -0.25) is 0 Å². The molecule has 0 saturated carbocycles. The maximum absolute atomic E-state index is 8.99. The van der Waals surface area contributed by atoms with E-state index in [-0.39, 0.29) is 18.6 Å². The lowest BCUT2D eigenvalue weighted by molar-refractivity contribution is 0.226. The van der Waals surface area contributed by atoms with Gasteiger partial charge in [0.1, 0.15) is 16.8 Å². The van der Waals surface area contributed by atoms with Gasteiger partial charge in [0.05, 0.1) is 0 Å². The van der Waals surface area contributed by atoms with Crippen LogP contribution in [0, 0.1) is 12.8 Å². The highest BCUT2D eigenvalue weighted by molar-refractivity contribution is 6.29. The summed E-state index contributed by atoms with van der Waals surface area (Å²) in [5.41, 5.74) is 0. The molecule has 84 valence electrons. The Labute approximate surface area is 94.7 Å². The van der Waals surface area contributed by atoms with E-state index in [1.54, 1.807) is 13.0 Å². The molecule has 5 heteroatoms. The molecule has 15 heavy (non-hydrogen) atoms. The van der Waals surface area contributed by atoms with Gasteiger partial charge < -0.3 is 10.4 Å². The SMILES string of the molecule is Cc1nc(Cl)cc(NC(C)C(C)CO)n1. The van der Waals surface area contributed by atoms with Crippen molar-refractivity contribution < 1.29 is 5.11 Å². The van der Waals surface area contributed by atoms with E-state index in [4.69, 9.17) is 16.7 Å². The first-order valence-corrected chi connectivity index (χ1v) is 5.29. The van der Waals surface area contributed by atoms with Crippen molar-refractivity contribution in [1.29, 1.82) is 0 Å². The largest absolute Gasteiger partial charge is 0.396 e. The number of rotatable bonds is 4. The molecule has 0 saturated heterocycles. The van der Waals surface area contributed by atoms with Crippen molar-refractivity contribution in [2.24, 2.45) is 5.92 Å². The van der Waals surface area contributed by atoms with Crippen LogP contribution in [0.15, 0.2) is 6.07 Å². The Morgan fingerprint density at radius 2 is 2.13 bits per heavy atom. The highest BCUT2D eigenvalue weighted by Gasteiger charge is 2.11. The van der Waals surface area contributed by atoms with Gasteiger partial charge >= 0.3 is 0 Å². The summed E-state index contributed by atoms with van der Waals surface area (Å²) in [5.74, 6) is 1.49. The van der Waals surface area contributed by atoms with Crippen LogP contribution >= 0.6 is 11.6 Å². The number of aromatic nitrogens is 2. The number of hydrogen-bond acceptors (Lipinski definition) is 4. The molecule has 1 aromatic rings. The number of halogens is 1. The summed E-state index contributed by atoms with van der Waals surface area (Å²) in [4.78, 5) is 8.17. The lowest BCUT2D eigenvalue weighted by Crippen LogP contribution is -2.26. The highest BCUT2D eigenvalue weighted by atomic mass is 35.5. The third-order valence-corrected chi connectivity index (χ3v) is 2.52. The summed E-state index contributed by atoms with van der Waals surface area (Å²) in [5, 5.41) is 12.6. The number of aliphatic hydroxyl groups excluding tert-OH is 1. The third-order valence-electron chi connectivity index (χ3n) is 2.32. The minimum Gasteiger partial charge on any atom is -0.396 e. The van der Waals surface area contributed by atoms with Crippen LogP contribution in [0.5, 0.6) is 0 Å². The first-order chi connectivity index (χ1) is 7.02. The van der Waals surface area contributed by atoms with Gasteiger partial charge in [-0.2, -0.15) is 0 Å². The van der Waals surface area contributed by atoms with Gasteiger partial charge in [0, 0.05) is 18.7 Å². The molecule has 0 bridgehead atoms. The summed E-state index contributed by atoms with van der Waals surface area (Å²) in [6.45, 7) is 5.89. The van der Waals surface area contributed by atoms with Crippen LogP contribution in [0.4, 0.5) is 5.82 Å². The summed E-state index contributed by atoms with van der Waals surface area (Å²) >= 11 is 5.81. The van der Waals surface area contributed by atoms with E-state index >= 15 is 0 Å². The summed E-state index contributed by atoms with van der Waals surface area (Å²) in [6.07, 6.45) is 0. The molecule has 0 aliphatic heterocycles. The van der Waals surface area contributed by atoms with E-state index in [1.807, 2.05) is 13.8 Å². The summed E-state index contributed by atoms with van der Waals surface area (Å²) in [6, 6.07) is 1.81. The second-order valence-electron chi connectivity index (χ2n) is 3.72. The molecule has 0 aliphatic rings. The van der Waals surface area contributed by atoms with Crippen LogP contribution in [-0.4, -0.2) is 27.7 Å². The molecule has 1 aromatic heterocycles. The van der Waals surface area contributed by atoms with Crippen molar-refractivity contribution in [2.75, 3.05) is 11.9 Å². The fourth-order valence-electron chi connectivity index (χ4n) is 1.14. The van der Waals surface area contributed by atoms with Crippen molar-refractivity contribution >= 4 is 17.4 Å². The number of aliphatic hydroxyl groups is 1. The Kier molecular flexibility index (Phi) is 4.29. The van der Waals surface area contributed by atoms with E-state index in [0.717, 1.165) is 0 Å². The lowest BCUT2D eigenvalue weighted by Gasteiger charge is -2.19. The zero-order valence-electron chi connectivity index (χ0n) is 9.16. The van der Waals surface area contributed by atoms with Crippen molar-refractivity contribution in [3.63, 3.8) is 0 Å². The van der Waals surface area contributed by atoms with Gasteiger partial charge in [-0.05, 0) is 19.8 Å². The van der Waals surface area contributed by atoms with E-state index < -0.39 is 0 Å². The van der Waals surface area contributed by atoms with Crippen LogP contribution in [-0.2, 0) is 0 Å². The predicted molar refractivity (Wildman–Crippen MR) is 61.1 cm³/mol. The molecule has 2 unspecified atom stereocenters. The quantitative estimate of drug-likeness (QED) is 0.774. The number of nitrogens with zero attached hydrogens (tertiary/aromatic N) is 2. The smallest absolute Gasteiger partial charge is 0.134 e. The van der Waals surface area contributed by atoms with E-state index in [0.29, 0.717) is 16.8 Å². The minimum atomic E-state index is 0.139. The highest BCUT2D eigenvalue weighted by Crippen LogP contribution is 2.14. The van der Waals surface area contributed by atoms with Gasteiger partial charge in [0.2, 0.25) is 0 Å². The van der Waals surface area contributed by atoms with Gasteiger partial charge in [0.15, 0.2) is 0 Å². The molecule has 0 aliphatic carbocycles. The fraction of sp³-hybridized carbons (Fsp3) is 0.600. The maximum atomic E-state index is 8.99. The monoisotopic (exact) mass is 229 g/mol. The van der Waals surface area contributed by atoms with Crippen molar-refractivity contribution in [1.82, 2.24) is 9.97 Å². The van der Waals surface area contributed by atoms with Crippen molar-refractivity contribution in [2.45, 2.75) is 26.8 Å². The van der Waals surface area contributed by atoms with E-state index in [2.05, 4.69) is 15.3 Å². The zero-order chi connectivity index (χ0) is 11.4. The Hall–Kier alpha value is -0.870. The van der Waals surface area contributed by atoms with Gasteiger partial charge in [-0.1, -0.05) is 18.5 Å². The third kappa shape index (κ3) is 3.64. The topological polar surface area (TPSA) is 58.0 Å². The second-order valence-corrected chi connectivity index (χ2v) is 4.10. The Balaban J connectivity index is 2.72. The summed E-state index contributed by atoms with van der Waals surface area (Å²) < 4.78 is 0. The van der Waals surface area contributed by atoms with Crippen LogP contribution in [0.1, 0.15) is 19.7 Å². The first-order valence-electron chi connectivity index (χ1n) is 4.91. The molecular weight excluding hydrogens is 214 g/mol. The predicted octanol–water partition coefficient (Wildman–Crippen LogP) is 1.87. The van der Waals surface area contributed by atoms with E-state index in [9.17, 15) is 0 Å². The van der Waals surface area contributed by atoms with Crippen LogP contribution in [0.25, 0.3) is 0 Å². The molecule has 1 heterocycles. The maximum Gasteiger partial charge on any atom is 0.134 e. The van der Waals surface area contributed by atoms with Gasteiger partial charge in [-0.25, -0.2) is 9.97 Å². The Morgan fingerprint density at radius 1 is 1.47 bits per heavy atom. The van der Waals surface area contributed by atoms with Gasteiger partial charge in [-0.15, -0.1) is 0 Å². The Morgan fingerprint density at radius 3 is 2.67 bits per heavy atom. The molecule has 0 spiro atoms. The molecule has 0 fully saturated rings. The molecule has 0 aromatic carbocycles. The fourth-order valence-corrected chi connectivity index (χ4v) is 1.36. The zero-order valence-corrected chi connectivity index (χ0v) is 9.91. The molecular formula is C10H16ClN3O. The van der Waals surface area contributed by atoms with E-state index in [1.165, 1.54) is 0 Å². The minimum absolute atomic E-state index is 0.139. The average Bonchev–Trinajstić information content (AvgIpc) is 2.14. The normalized spacial score (nSPS) is 14.7. The number of nitrogens with one attached hydrogen (secondary N) is 1. The van der Waals surface area contributed by atoms with Crippen molar-refractivity contribution in [3.8, 4) is 0 Å². The standard InChI is InChI=1S/C10H16ClN3O/c1-6(5-15)7(2)12-10-4-9(11)13-8(3)14-10/h4,6-7,15H,5H2,1-3H3,(H,12,13,14). The molecule has 1 rings (SSSR count). The second kappa shape index (κ2) is 5.28. The molecule has 2 N–H and O–H groups in total. The number of anilines is 1. The van der Waals surface area contributed by atoms with Crippen LogP contribution < -0.4 is 5.32 Å². The molecule has 0 radical (unpaired) electrons. The Bertz CT molecular complexity index is 312. The summed E-state index contributed by atoms with van der Waals surface area (Å²) in [7, 11) is 0. The van der Waals surface area contributed by atoms with Crippen LogP contribution in [0.2, 0.25) is 5.15 Å². The first kappa shape index (κ1) is 12.2. The molecule has 0 amide bonds. The number of hydrogen-bond donors (Lipinski definition) is 2. The molecule has 4 nitrogen and oxygen atoms in total. The van der Waals surface area contributed by atoms with Crippen molar-refractivity contribution in [3.05, 3.63) is 17.0 Å². The molecule has 2 atom stereocenters.